The molecule has 5 nitrogen and oxygen atoms in total. The summed E-state index contributed by atoms with van der Waals surface area (Å²) in [5.74, 6) is -0.417. The largest absolute Gasteiger partial charge is 0.459 e. The third-order valence-electron chi connectivity index (χ3n) is 4.40. The van der Waals surface area contributed by atoms with Gasteiger partial charge in [0.1, 0.15) is 18.3 Å². The van der Waals surface area contributed by atoms with Gasteiger partial charge in [0, 0.05) is 12.0 Å². The first-order valence-electron chi connectivity index (χ1n) is 9.22. The molecule has 0 saturated carbocycles. The molecule has 0 bridgehead atoms. The van der Waals surface area contributed by atoms with Crippen molar-refractivity contribution in [2.75, 3.05) is 13.4 Å². The van der Waals surface area contributed by atoms with Crippen molar-refractivity contribution >= 4 is 23.7 Å². The van der Waals surface area contributed by atoms with E-state index in [-0.39, 0.29) is 17.9 Å². The highest BCUT2D eigenvalue weighted by Gasteiger charge is 2.27. The fourth-order valence-electron chi connectivity index (χ4n) is 2.82. The molecule has 0 aliphatic carbocycles. The minimum absolute atomic E-state index is 0.0776. The number of rotatable bonds is 9. The summed E-state index contributed by atoms with van der Waals surface area (Å²) < 4.78 is 16.3. The lowest BCUT2D eigenvalue weighted by Crippen LogP contribution is -2.35. The van der Waals surface area contributed by atoms with Gasteiger partial charge >= 0.3 is 11.9 Å². The molecule has 2 atom stereocenters. The maximum Gasteiger partial charge on any atom is 0.322 e. The van der Waals surface area contributed by atoms with Gasteiger partial charge in [0.15, 0.2) is 0 Å². The van der Waals surface area contributed by atoms with Crippen molar-refractivity contribution in [2.45, 2.75) is 71.0 Å². The van der Waals surface area contributed by atoms with Gasteiger partial charge in [-0.25, -0.2) is 0 Å². The standard InChI is InChI=1S/C21H32O5S/c1-12(2)17-10-16(27-8)9-14(5)21(17)26-19(23)11-18(22)25-20(13(3)4)15(6)24-7/h9-10,12-13,15,20H,11H2,1-8H3. The summed E-state index contributed by atoms with van der Waals surface area (Å²) in [4.78, 5) is 25.7. The molecule has 0 radical (unpaired) electrons. The first kappa shape index (κ1) is 23.5. The number of aryl methyl sites for hydroxylation is 1. The van der Waals surface area contributed by atoms with Crippen LogP contribution in [0.5, 0.6) is 5.75 Å². The lowest BCUT2D eigenvalue weighted by atomic mass is 9.99. The molecule has 27 heavy (non-hydrogen) atoms. The Morgan fingerprint density at radius 3 is 2.19 bits per heavy atom. The van der Waals surface area contributed by atoms with Crippen LogP contribution < -0.4 is 4.74 Å². The van der Waals surface area contributed by atoms with Crippen LogP contribution in [0.25, 0.3) is 0 Å². The summed E-state index contributed by atoms with van der Waals surface area (Å²) in [5, 5.41) is 0. The molecular weight excluding hydrogens is 364 g/mol. The molecule has 1 aromatic carbocycles. The van der Waals surface area contributed by atoms with Crippen molar-refractivity contribution in [1.29, 1.82) is 0 Å². The van der Waals surface area contributed by atoms with Crippen LogP contribution in [-0.4, -0.2) is 37.5 Å². The minimum Gasteiger partial charge on any atom is -0.459 e. The van der Waals surface area contributed by atoms with E-state index in [2.05, 4.69) is 0 Å². The van der Waals surface area contributed by atoms with E-state index in [1.807, 2.05) is 59.9 Å². The summed E-state index contributed by atoms with van der Waals surface area (Å²) in [6.45, 7) is 11.7. The Morgan fingerprint density at radius 1 is 1.07 bits per heavy atom. The number of thioether (sulfide) groups is 1. The van der Waals surface area contributed by atoms with Gasteiger partial charge in [0.05, 0.1) is 6.10 Å². The highest BCUT2D eigenvalue weighted by Crippen LogP contribution is 2.34. The molecule has 0 heterocycles. The molecule has 152 valence electrons. The van der Waals surface area contributed by atoms with E-state index in [4.69, 9.17) is 14.2 Å². The molecule has 0 fully saturated rings. The number of carbonyl (C=O) groups is 2. The van der Waals surface area contributed by atoms with Gasteiger partial charge in [0.25, 0.3) is 0 Å². The van der Waals surface area contributed by atoms with E-state index >= 15 is 0 Å². The molecule has 0 amide bonds. The van der Waals surface area contributed by atoms with Gasteiger partial charge in [-0.3, -0.25) is 9.59 Å². The van der Waals surface area contributed by atoms with E-state index in [1.165, 1.54) is 0 Å². The highest BCUT2D eigenvalue weighted by atomic mass is 32.2. The zero-order chi connectivity index (χ0) is 20.7. The van der Waals surface area contributed by atoms with Crippen LogP contribution in [0.3, 0.4) is 0 Å². The average molecular weight is 397 g/mol. The number of benzene rings is 1. The predicted molar refractivity (Wildman–Crippen MR) is 108 cm³/mol. The molecule has 2 unspecified atom stereocenters. The van der Waals surface area contributed by atoms with Gasteiger partial charge < -0.3 is 14.2 Å². The van der Waals surface area contributed by atoms with E-state index < -0.39 is 24.5 Å². The van der Waals surface area contributed by atoms with Gasteiger partial charge in [-0.1, -0.05) is 27.7 Å². The third-order valence-corrected chi connectivity index (χ3v) is 5.11. The van der Waals surface area contributed by atoms with Crippen molar-refractivity contribution in [1.82, 2.24) is 0 Å². The fourth-order valence-corrected chi connectivity index (χ4v) is 3.36. The van der Waals surface area contributed by atoms with E-state index in [0.29, 0.717) is 5.75 Å². The normalized spacial score (nSPS) is 13.6. The number of hydrogen-bond donors (Lipinski definition) is 0. The maximum atomic E-state index is 12.3. The van der Waals surface area contributed by atoms with Crippen molar-refractivity contribution in [3.05, 3.63) is 23.3 Å². The fraction of sp³-hybridized carbons (Fsp3) is 0.619. The Kier molecular flexibility index (Phi) is 9.33. The van der Waals surface area contributed by atoms with Gasteiger partial charge in [0.2, 0.25) is 0 Å². The molecule has 0 saturated heterocycles. The van der Waals surface area contributed by atoms with Crippen LogP contribution >= 0.6 is 11.8 Å². The van der Waals surface area contributed by atoms with E-state index in [1.54, 1.807) is 18.9 Å². The molecule has 0 aliphatic rings. The topological polar surface area (TPSA) is 61.8 Å². The molecule has 0 aromatic heterocycles. The Bertz CT molecular complexity index is 654. The Morgan fingerprint density at radius 2 is 1.70 bits per heavy atom. The minimum atomic E-state index is -0.616. The first-order chi connectivity index (χ1) is 12.6. The molecule has 0 N–H and O–H groups in total. The van der Waals surface area contributed by atoms with Crippen LogP contribution in [0.1, 0.15) is 58.1 Å². The summed E-state index contributed by atoms with van der Waals surface area (Å²) in [5.41, 5.74) is 1.83. The van der Waals surface area contributed by atoms with Crippen LogP contribution in [0.2, 0.25) is 0 Å². The maximum absolute atomic E-state index is 12.3. The molecular formula is C21H32O5S. The quantitative estimate of drug-likeness (QED) is 0.260. The Labute approximate surface area is 167 Å². The van der Waals surface area contributed by atoms with Crippen molar-refractivity contribution in [2.24, 2.45) is 5.92 Å². The van der Waals surface area contributed by atoms with Gasteiger partial charge in [-0.15, -0.1) is 11.8 Å². The molecule has 0 spiro atoms. The van der Waals surface area contributed by atoms with Crippen molar-refractivity contribution in [3.63, 3.8) is 0 Å². The highest BCUT2D eigenvalue weighted by molar-refractivity contribution is 7.98. The Hall–Kier alpha value is -1.53. The van der Waals surface area contributed by atoms with Crippen LogP contribution in [0.4, 0.5) is 0 Å². The number of hydrogen-bond acceptors (Lipinski definition) is 6. The predicted octanol–water partition coefficient (Wildman–Crippen LogP) is 4.74. The number of carbonyl (C=O) groups excluding carboxylic acids is 2. The van der Waals surface area contributed by atoms with Crippen LogP contribution in [0, 0.1) is 12.8 Å². The summed E-state index contributed by atoms with van der Waals surface area (Å²) >= 11 is 1.64. The second kappa shape index (κ2) is 10.7. The smallest absolute Gasteiger partial charge is 0.322 e. The first-order valence-corrected chi connectivity index (χ1v) is 10.4. The molecule has 1 rings (SSSR count). The second-order valence-corrected chi connectivity index (χ2v) is 8.19. The van der Waals surface area contributed by atoms with E-state index in [9.17, 15) is 9.59 Å². The SMILES string of the molecule is COC(C)C(OC(=O)CC(=O)Oc1c(C)cc(SC)cc1C(C)C)C(C)C. The lowest BCUT2D eigenvalue weighted by Gasteiger charge is -2.26. The average Bonchev–Trinajstić information content (AvgIpc) is 2.59. The summed E-state index contributed by atoms with van der Waals surface area (Å²) in [6.07, 6.45) is 0.913. The number of esters is 2. The second-order valence-electron chi connectivity index (χ2n) is 7.31. The van der Waals surface area contributed by atoms with Gasteiger partial charge in [-0.05, 0) is 55.2 Å². The third kappa shape index (κ3) is 6.85. The lowest BCUT2D eigenvalue weighted by molar-refractivity contribution is -0.162. The Balaban J connectivity index is 2.86. The van der Waals surface area contributed by atoms with E-state index in [0.717, 1.165) is 16.0 Å². The molecule has 1 aromatic rings. The monoisotopic (exact) mass is 396 g/mol. The van der Waals surface area contributed by atoms with Crippen molar-refractivity contribution < 1.29 is 23.8 Å². The number of methoxy groups -OCH3 is 1. The summed E-state index contributed by atoms with van der Waals surface area (Å²) in [6, 6.07) is 4.00. The molecule has 0 aliphatic heterocycles. The van der Waals surface area contributed by atoms with Gasteiger partial charge in [-0.2, -0.15) is 0 Å². The van der Waals surface area contributed by atoms with Crippen molar-refractivity contribution in [3.8, 4) is 5.75 Å². The van der Waals surface area contributed by atoms with Crippen LogP contribution in [-0.2, 0) is 19.1 Å². The van der Waals surface area contributed by atoms with Crippen LogP contribution in [0.15, 0.2) is 17.0 Å². The molecule has 6 heteroatoms. The number of ether oxygens (including phenoxy) is 3. The zero-order valence-electron chi connectivity index (χ0n) is 17.6. The zero-order valence-corrected chi connectivity index (χ0v) is 18.4. The summed E-state index contributed by atoms with van der Waals surface area (Å²) in [7, 11) is 1.57.